The first kappa shape index (κ1) is 20.7. The summed E-state index contributed by atoms with van der Waals surface area (Å²) >= 11 is 0. The van der Waals surface area contributed by atoms with Crippen LogP contribution in [0, 0.1) is 22.7 Å². The summed E-state index contributed by atoms with van der Waals surface area (Å²) < 4.78 is 12.4. The lowest BCUT2D eigenvalue weighted by Crippen LogP contribution is -2.59. The van der Waals surface area contributed by atoms with Crippen LogP contribution in [0.2, 0.25) is 0 Å². The minimum Gasteiger partial charge on any atom is -0.493 e. The second-order valence-corrected chi connectivity index (χ2v) is 9.70. The van der Waals surface area contributed by atoms with Crippen LogP contribution in [-0.4, -0.2) is 36.9 Å². The summed E-state index contributed by atoms with van der Waals surface area (Å²) in [6, 6.07) is 8.40. The molecule has 1 spiro atoms. The van der Waals surface area contributed by atoms with Crippen molar-refractivity contribution in [2.45, 2.75) is 65.0 Å². The topological polar surface area (TPSA) is 67.8 Å². The minimum absolute atomic E-state index is 0.00940. The number of fused-ring (bicyclic) bond motifs is 1. The fourth-order valence-electron chi connectivity index (χ4n) is 6.49. The van der Waals surface area contributed by atoms with E-state index in [-0.39, 0.29) is 41.9 Å². The van der Waals surface area contributed by atoms with Gasteiger partial charge < -0.3 is 19.9 Å². The molecule has 5 heteroatoms. The van der Waals surface area contributed by atoms with Gasteiger partial charge in [-0.2, -0.15) is 0 Å². The third kappa shape index (κ3) is 3.36. The van der Waals surface area contributed by atoms with E-state index in [4.69, 9.17) is 9.47 Å². The van der Waals surface area contributed by atoms with Gasteiger partial charge in [0.15, 0.2) is 0 Å². The van der Waals surface area contributed by atoms with E-state index >= 15 is 0 Å². The Morgan fingerprint density at radius 3 is 2.90 bits per heavy atom. The van der Waals surface area contributed by atoms with Crippen LogP contribution < -0.4 is 10.1 Å². The molecule has 1 amide bonds. The van der Waals surface area contributed by atoms with Crippen molar-refractivity contribution >= 4 is 5.91 Å². The van der Waals surface area contributed by atoms with Crippen LogP contribution in [0.3, 0.4) is 0 Å². The molecule has 0 aromatic heterocycles. The van der Waals surface area contributed by atoms with E-state index in [0.717, 1.165) is 37.0 Å². The van der Waals surface area contributed by atoms with Gasteiger partial charge in [0.25, 0.3) is 0 Å². The van der Waals surface area contributed by atoms with Crippen LogP contribution in [-0.2, 0) is 9.53 Å². The molecule has 1 aliphatic heterocycles. The number of para-hydroxylation sites is 1. The summed E-state index contributed by atoms with van der Waals surface area (Å²) in [5, 5.41) is 12.5. The summed E-state index contributed by atoms with van der Waals surface area (Å²) in [6.45, 7) is 8.03. The third-order valence-electron chi connectivity index (χ3n) is 7.84. The van der Waals surface area contributed by atoms with E-state index in [0.29, 0.717) is 25.0 Å². The monoisotopic (exact) mass is 401 g/mol. The van der Waals surface area contributed by atoms with Crippen LogP contribution in [0.15, 0.2) is 24.3 Å². The van der Waals surface area contributed by atoms with Crippen molar-refractivity contribution in [1.82, 2.24) is 5.32 Å². The van der Waals surface area contributed by atoms with Crippen molar-refractivity contribution in [3.05, 3.63) is 29.8 Å². The highest BCUT2D eigenvalue weighted by Crippen LogP contribution is 2.70. The van der Waals surface area contributed by atoms with Gasteiger partial charge in [-0.3, -0.25) is 4.79 Å². The minimum atomic E-state index is -0.104. The Balaban J connectivity index is 1.66. The van der Waals surface area contributed by atoms with Crippen LogP contribution in [0.5, 0.6) is 5.75 Å². The summed E-state index contributed by atoms with van der Waals surface area (Å²) in [5.74, 6) is 1.83. The Kier molecular flexibility index (Phi) is 5.64. The van der Waals surface area contributed by atoms with Crippen molar-refractivity contribution in [3.8, 4) is 5.75 Å². The maximum Gasteiger partial charge on any atom is 0.222 e. The molecule has 0 unspecified atom stereocenters. The van der Waals surface area contributed by atoms with Crippen LogP contribution in [0.1, 0.15) is 64.5 Å². The molecule has 1 saturated heterocycles. The van der Waals surface area contributed by atoms with Gasteiger partial charge in [0.2, 0.25) is 5.91 Å². The zero-order valence-corrected chi connectivity index (χ0v) is 17.9. The van der Waals surface area contributed by atoms with E-state index in [1.165, 1.54) is 0 Å². The van der Waals surface area contributed by atoms with Gasteiger partial charge in [0.05, 0.1) is 19.3 Å². The Morgan fingerprint density at radius 1 is 1.34 bits per heavy atom. The molecule has 160 valence electrons. The van der Waals surface area contributed by atoms with Crippen molar-refractivity contribution in [1.29, 1.82) is 0 Å². The molecule has 5 nitrogen and oxygen atoms in total. The molecule has 3 aliphatic rings. The van der Waals surface area contributed by atoms with Gasteiger partial charge in [0.1, 0.15) is 5.75 Å². The molecule has 2 N–H and O–H groups in total. The van der Waals surface area contributed by atoms with E-state index in [9.17, 15) is 9.90 Å². The first-order valence-electron chi connectivity index (χ1n) is 11.2. The molecule has 0 radical (unpaired) electrons. The average Bonchev–Trinajstić information content (AvgIpc) is 3.19. The van der Waals surface area contributed by atoms with Gasteiger partial charge >= 0.3 is 0 Å². The molecular formula is C24H35NO4. The highest BCUT2D eigenvalue weighted by atomic mass is 16.5. The third-order valence-corrected chi connectivity index (χ3v) is 7.84. The van der Waals surface area contributed by atoms with Gasteiger partial charge in [-0.1, -0.05) is 39.0 Å². The quantitative estimate of drug-likeness (QED) is 0.728. The molecule has 2 aliphatic carbocycles. The summed E-state index contributed by atoms with van der Waals surface area (Å²) in [5.41, 5.74) is 1.26. The van der Waals surface area contributed by atoms with E-state index < -0.39 is 0 Å². The Labute approximate surface area is 174 Å². The first-order chi connectivity index (χ1) is 13.9. The molecule has 2 bridgehead atoms. The maximum atomic E-state index is 12.4. The number of aliphatic hydroxyl groups excluding tert-OH is 1. The SMILES string of the molecule is CCCOc1ccccc1[C@H]1OCC[C@@]23C[C@@H](C[C@H]12)C(C)(C)[C@H]3NC(=O)CCO. The van der Waals surface area contributed by atoms with E-state index in [2.05, 4.69) is 38.2 Å². The Bertz CT molecular complexity index is 748. The predicted octanol–water partition coefficient (Wildman–Crippen LogP) is 3.86. The maximum absolute atomic E-state index is 12.4. The lowest BCUT2D eigenvalue weighted by Gasteiger charge is -2.53. The van der Waals surface area contributed by atoms with Gasteiger partial charge in [-0.25, -0.2) is 0 Å². The number of hydrogen-bond acceptors (Lipinski definition) is 4. The summed E-state index contributed by atoms with van der Waals surface area (Å²) in [6.07, 6.45) is 4.42. The van der Waals surface area contributed by atoms with Crippen LogP contribution in [0.4, 0.5) is 0 Å². The lowest BCUT2D eigenvalue weighted by atomic mass is 9.58. The molecule has 29 heavy (non-hydrogen) atoms. The number of rotatable bonds is 7. The highest BCUT2D eigenvalue weighted by Gasteiger charge is 2.68. The Hall–Kier alpha value is -1.59. The fraction of sp³-hybridized carbons (Fsp3) is 0.708. The standard InChI is InChI=1S/C24H35NO4/c1-4-12-28-19-8-6-5-7-17(19)21-18-14-16-15-24(18,10-13-29-21)22(23(16,2)3)25-20(27)9-11-26/h5-8,16,18,21-22,26H,4,9-15H2,1-3H3,(H,25,27)/t16-,18-,21-,22-,24-/m1/s1. The van der Waals surface area contributed by atoms with Crippen molar-refractivity contribution in [2.75, 3.05) is 19.8 Å². The van der Waals surface area contributed by atoms with Gasteiger partial charge in [-0.15, -0.1) is 0 Å². The zero-order chi connectivity index (χ0) is 20.6. The van der Waals surface area contributed by atoms with E-state index in [1.54, 1.807) is 0 Å². The lowest BCUT2D eigenvalue weighted by molar-refractivity contribution is -0.138. The highest BCUT2D eigenvalue weighted by molar-refractivity contribution is 5.76. The summed E-state index contributed by atoms with van der Waals surface area (Å²) in [4.78, 5) is 12.4. The summed E-state index contributed by atoms with van der Waals surface area (Å²) in [7, 11) is 0. The fourth-order valence-corrected chi connectivity index (χ4v) is 6.49. The molecular weight excluding hydrogens is 366 g/mol. The van der Waals surface area contributed by atoms with Gasteiger partial charge in [0, 0.05) is 24.6 Å². The van der Waals surface area contributed by atoms with Gasteiger partial charge in [-0.05, 0) is 54.4 Å². The predicted molar refractivity (Wildman–Crippen MR) is 112 cm³/mol. The Morgan fingerprint density at radius 2 is 2.14 bits per heavy atom. The number of carbonyl (C=O) groups is 1. The molecule has 4 rings (SSSR count). The van der Waals surface area contributed by atoms with Crippen LogP contribution in [0.25, 0.3) is 0 Å². The second-order valence-electron chi connectivity index (χ2n) is 9.70. The average molecular weight is 402 g/mol. The largest absolute Gasteiger partial charge is 0.493 e. The molecule has 2 saturated carbocycles. The number of benzene rings is 1. The number of hydrogen-bond donors (Lipinski definition) is 2. The first-order valence-corrected chi connectivity index (χ1v) is 11.2. The van der Waals surface area contributed by atoms with Crippen molar-refractivity contribution in [3.63, 3.8) is 0 Å². The van der Waals surface area contributed by atoms with E-state index in [1.807, 2.05) is 12.1 Å². The van der Waals surface area contributed by atoms with Crippen molar-refractivity contribution < 1.29 is 19.4 Å². The smallest absolute Gasteiger partial charge is 0.222 e. The molecule has 1 aromatic carbocycles. The zero-order valence-electron chi connectivity index (χ0n) is 17.9. The number of ether oxygens (including phenoxy) is 2. The van der Waals surface area contributed by atoms with Crippen LogP contribution >= 0.6 is 0 Å². The normalized spacial score (nSPS) is 34.6. The number of aliphatic hydroxyl groups is 1. The molecule has 3 fully saturated rings. The molecule has 1 aromatic rings. The second kappa shape index (κ2) is 7.92. The molecule has 1 heterocycles. The number of nitrogens with one attached hydrogen (secondary N) is 1. The van der Waals surface area contributed by atoms with Crippen molar-refractivity contribution in [2.24, 2.45) is 22.7 Å². The molecule has 5 atom stereocenters. The number of amides is 1. The number of carbonyl (C=O) groups excluding carboxylic acids is 1.